The highest BCUT2D eigenvalue weighted by Gasteiger charge is 2.30. The van der Waals surface area contributed by atoms with Gasteiger partial charge in [-0.05, 0) is 35.4 Å². The molecular weight excluding hydrogens is 365 g/mol. The number of benzene rings is 2. The van der Waals surface area contributed by atoms with Crippen molar-refractivity contribution in [1.82, 2.24) is 15.2 Å². The third-order valence-electron chi connectivity index (χ3n) is 3.43. The zero-order valence-corrected chi connectivity index (χ0v) is 14.1. The van der Waals surface area contributed by atoms with E-state index in [4.69, 9.17) is 0 Å². The molecule has 0 atom stereocenters. The predicted octanol–water partition coefficient (Wildman–Crippen LogP) is 4.22. The fourth-order valence-corrected chi connectivity index (χ4v) is 2.80. The summed E-state index contributed by atoms with van der Waals surface area (Å²) in [6.45, 7) is 0. The van der Waals surface area contributed by atoms with Gasteiger partial charge in [-0.15, -0.1) is 10.2 Å². The first-order valence-corrected chi connectivity index (χ1v) is 8.47. The van der Waals surface area contributed by atoms with Crippen molar-refractivity contribution in [3.05, 3.63) is 60.4 Å². The lowest BCUT2D eigenvalue weighted by molar-refractivity contribution is -0.137. The number of hydrogen-bond donors (Lipinski definition) is 2. The lowest BCUT2D eigenvalue weighted by atomic mass is 10.0. The van der Waals surface area contributed by atoms with E-state index in [0.717, 1.165) is 12.1 Å². The van der Waals surface area contributed by atoms with Gasteiger partial charge in [0.2, 0.25) is 5.91 Å². The van der Waals surface area contributed by atoms with E-state index in [9.17, 15) is 18.0 Å². The van der Waals surface area contributed by atoms with E-state index in [-0.39, 0.29) is 11.7 Å². The molecular formula is C17H13F3N4OS. The van der Waals surface area contributed by atoms with Crippen LogP contribution in [0.3, 0.4) is 0 Å². The van der Waals surface area contributed by atoms with Crippen molar-refractivity contribution in [2.45, 2.75) is 11.3 Å². The first kappa shape index (κ1) is 18.0. The second kappa shape index (κ2) is 7.61. The predicted molar refractivity (Wildman–Crippen MR) is 92.6 cm³/mol. The molecule has 134 valence electrons. The number of carbonyl (C=O) groups excluding carboxylic acids is 1. The fraction of sp³-hybridized carbons (Fsp3) is 0.118. The van der Waals surface area contributed by atoms with Crippen LogP contribution in [0.4, 0.5) is 18.9 Å². The number of rotatable bonds is 5. The zero-order valence-electron chi connectivity index (χ0n) is 13.2. The topological polar surface area (TPSA) is 70.7 Å². The molecule has 0 aliphatic carbocycles. The highest BCUT2D eigenvalue weighted by atomic mass is 32.2. The van der Waals surface area contributed by atoms with E-state index in [2.05, 4.69) is 20.5 Å². The molecule has 1 amide bonds. The van der Waals surface area contributed by atoms with E-state index < -0.39 is 11.7 Å². The average molecular weight is 378 g/mol. The van der Waals surface area contributed by atoms with Crippen LogP contribution in [-0.4, -0.2) is 26.8 Å². The monoisotopic (exact) mass is 378 g/mol. The summed E-state index contributed by atoms with van der Waals surface area (Å²) in [5.74, 6) is -0.0666. The smallest absolute Gasteiger partial charge is 0.325 e. The molecule has 26 heavy (non-hydrogen) atoms. The lowest BCUT2D eigenvalue weighted by Crippen LogP contribution is -2.14. The van der Waals surface area contributed by atoms with Gasteiger partial charge in [0.25, 0.3) is 0 Å². The van der Waals surface area contributed by atoms with E-state index in [0.29, 0.717) is 22.0 Å². The van der Waals surface area contributed by atoms with Crippen LogP contribution in [-0.2, 0) is 11.0 Å². The molecule has 0 fully saturated rings. The summed E-state index contributed by atoms with van der Waals surface area (Å²) in [5.41, 5.74) is 0.949. The summed E-state index contributed by atoms with van der Waals surface area (Å²) in [4.78, 5) is 14.7. The number of anilines is 1. The van der Waals surface area contributed by atoms with Crippen LogP contribution in [0.1, 0.15) is 5.56 Å². The molecule has 0 aliphatic rings. The Labute approximate surface area is 151 Å². The minimum atomic E-state index is -4.38. The summed E-state index contributed by atoms with van der Waals surface area (Å²) >= 11 is 1.21. The Bertz CT molecular complexity index is 880. The van der Waals surface area contributed by atoms with Crippen LogP contribution < -0.4 is 5.32 Å². The minimum Gasteiger partial charge on any atom is -0.325 e. The molecule has 0 saturated carbocycles. The number of halogens is 3. The van der Waals surface area contributed by atoms with Crippen LogP contribution in [0.25, 0.3) is 11.1 Å². The van der Waals surface area contributed by atoms with Gasteiger partial charge >= 0.3 is 6.18 Å². The van der Waals surface area contributed by atoms with Crippen LogP contribution in [0.15, 0.2) is 60.0 Å². The van der Waals surface area contributed by atoms with Crippen molar-refractivity contribution in [1.29, 1.82) is 0 Å². The Kier molecular flexibility index (Phi) is 5.27. The standard InChI is InChI=1S/C17H13F3N4OS/c18-17(19,20)13-3-1-2-12(8-13)11-4-6-14(7-5-11)23-15(25)9-26-16-21-10-22-24-16/h1-8,10H,9H2,(H,23,25)(H,21,22,24). The number of amides is 1. The first-order valence-electron chi connectivity index (χ1n) is 7.48. The van der Waals surface area contributed by atoms with E-state index in [1.807, 2.05) is 0 Å². The van der Waals surface area contributed by atoms with Crippen LogP contribution in [0, 0.1) is 0 Å². The second-order valence-electron chi connectivity index (χ2n) is 5.29. The van der Waals surface area contributed by atoms with Crippen molar-refractivity contribution >= 4 is 23.4 Å². The SMILES string of the molecule is O=C(CSc1nnc[nH]1)Nc1ccc(-c2cccc(C(F)(F)F)c2)cc1. The number of nitrogens with zero attached hydrogens (tertiary/aromatic N) is 2. The number of carbonyl (C=O) groups is 1. The summed E-state index contributed by atoms with van der Waals surface area (Å²) < 4.78 is 38.4. The summed E-state index contributed by atoms with van der Waals surface area (Å²) in [6, 6.07) is 11.7. The number of thioether (sulfide) groups is 1. The molecule has 1 aromatic heterocycles. The summed E-state index contributed by atoms with van der Waals surface area (Å²) in [6.07, 6.45) is -2.96. The zero-order chi connectivity index (χ0) is 18.6. The van der Waals surface area contributed by atoms with Gasteiger partial charge in [-0.1, -0.05) is 36.0 Å². The Balaban J connectivity index is 1.64. The van der Waals surface area contributed by atoms with Crippen LogP contribution >= 0.6 is 11.8 Å². The highest BCUT2D eigenvalue weighted by Crippen LogP contribution is 2.32. The first-order chi connectivity index (χ1) is 12.4. The molecule has 0 unspecified atom stereocenters. The Morgan fingerprint density at radius 1 is 1.12 bits per heavy atom. The third kappa shape index (κ3) is 4.63. The van der Waals surface area contributed by atoms with Gasteiger partial charge < -0.3 is 10.3 Å². The van der Waals surface area contributed by atoms with Gasteiger partial charge in [0, 0.05) is 5.69 Å². The number of aromatic amines is 1. The maximum absolute atomic E-state index is 12.8. The molecule has 0 bridgehead atoms. The number of nitrogens with one attached hydrogen (secondary N) is 2. The van der Waals surface area contributed by atoms with Gasteiger partial charge in [-0.2, -0.15) is 13.2 Å². The highest BCUT2D eigenvalue weighted by molar-refractivity contribution is 7.99. The molecule has 1 heterocycles. The normalized spacial score (nSPS) is 11.3. The van der Waals surface area contributed by atoms with Crippen molar-refractivity contribution in [2.75, 3.05) is 11.1 Å². The molecule has 0 radical (unpaired) electrons. The number of H-pyrrole nitrogens is 1. The maximum Gasteiger partial charge on any atom is 0.416 e. The van der Waals surface area contributed by atoms with Crippen molar-refractivity contribution in [3.63, 3.8) is 0 Å². The molecule has 0 aliphatic heterocycles. The fourth-order valence-electron chi connectivity index (χ4n) is 2.22. The lowest BCUT2D eigenvalue weighted by Gasteiger charge is -2.10. The quantitative estimate of drug-likeness (QED) is 0.652. The van der Waals surface area contributed by atoms with Gasteiger partial charge in [0.15, 0.2) is 5.16 Å². The van der Waals surface area contributed by atoms with Gasteiger partial charge in [0.1, 0.15) is 6.33 Å². The van der Waals surface area contributed by atoms with Crippen molar-refractivity contribution in [3.8, 4) is 11.1 Å². The second-order valence-corrected chi connectivity index (χ2v) is 6.25. The molecule has 0 spiro atoms. The number of aromatic nitrogens is 3. The Morgan fingerprint density at radius 3 is 2.54 bits per heavy atom. The van der Waals surface area contributed by atoms with Crippen molar-refractivity contribution < 1.29 is 18.0 Å². The van der Waals surface area contributed by atoms with Crippen molar-refractivity contribution in [2.24, 2.45) is 0 Å². The Hall–Kier alpha value is -2.81. The van der Waals surface area contributed by atoms with E-state index in [1.165, 1.54) is 24.2 Å². The Morgan fingerprint density at radius 2 is 1.88 bits per heavy atom. The minimum absolute atomic E-state index is 0.157. The molecule has 3 aromatic rings. The molecule has 2 N–H and O–H groups in total. The molecule has 2 aromatic carbocycles. The van der Waals surface area contributed by atoms with Gasteiger partial charge in [-0.3, -0.25) is 4.79 Å². The van der Waals surface area contributed by atoms with Crippen LogP contribution in [0.5, 0.6) is 0 Å². The van der Waals surface area contributed by atoms with E-state index >= 15 is 0 Å². The van der Waals surface area contributed by atoms with E-state index in [1.54, 1.807) is 30.3 Å². The molecule has 5 nitrogen and oxygen atoms in total. The summed E-state index contributed by atoms with van der Waals surface area (Å²) in [7, 11) is 0. The van der Waals surface area contributed by atoms with Crippen LogP contribution in [0.2, 0.25) is 0 Å². The number of hydrogen-bond acceptors (Lipinski definition) is 4. The maximum atomic E-state index is 12.8. The average Bonchev–Trinajstić information content (AvgIpc) is 3.14. The summed E-state index contributed by atoms with van der Waals surface area (Å²) in [5, 5.41) is 10.6. The van der Waals surface area contributed by atoms with Gasteiger partial charge in [-0.25, -0.2) is 0 Å². The molecule has 9 heteroatoms. The molecule has 3 rings (SSSR count). The number of alkyl halides is 3. The largest absolute Gasteiger partial charge is 0.416 e. The third-order valence-corrected chi connectivity index (χ3v) is 4.31. The van der Waals surface area contributed by atoms with Gasteiger partial charge in [0.05, 0.1) is 11.3 Å². The molecule has 0 saturated heterocycles.